The molecule has 0 saturated carbocycles. The van der Waals surface area contributed by atoms with Gasteiger partial charge >= 0.3 is 0 Å². The van der Waals surface area contributed by atoms with Gasteiger partial charge in [-0.1, -0.05) is 18.2 Å². The summed E-state index contributed by atoms with van der Waals surface area (Å²) in [7, 11) is 0. The van der Waals surface area contributed by atoms with Crippen molar-refractivity contribution in [1.82, 2.24) is 0 Å². The molecule has 0 bridgehead atoms. The number of benzene rings is 2. The molecule has 1 aliphatic rings. The normalized spacial score (nSPS) is 14.4. The van der Waals surface area contributed by atoms with Crippen molar-refractivity contribution in [2.75, 3.05) is 23.8 Å². The number of anilines is 2. The van der Waals surface area contributed by atoms with E-state index in [1.165, 1.54) is 0 Å². The Bertz CT molecular complexity index is 623. The van der Waals surface area contributed by atoms with E-state index >= 15 is 0 Å². The minimum atomic E-state index is -0.651. The van der Waals surface area contributed by atoms with Crippen molar-refractivity contribution < 1.29 is 13.5 Å². The smallest absolute Gasteiger partial charge is 0.151 e. The number of nitrogens with two attached hydrogens (primary N) is 1. The molecule has 0 fully saturated rings. The Kier molecular flexibility index (Phi) is 3.18. The van der Waals surface area contributed by atoms with Crippen molar-refractivity contribution in [3.8, 4) is 5.75 Å². The maximum absolute atomic E-state index is 14.0. The molecule has 0 amide bonds. The van der Waals surface area contributed by atoms with Gasteiger partial charge in [0, 0.05) is 17.8 Å². The molecule has 5 heteroatoms. The fraction of sp³-hybridized carbons (Fsp3) is 0.200. The molecule has 0 aromatic heterocycles. The van der Waals surface area contributed by atoms with Gasteiger partial charge in [0.15, 0.2) is 11.6 Å². The zero-order chi connectivity index (χ0) is 14.1. The number of halogens is 2. The lowest BCUT2D eigenvalue weighted by Crippen LogP contribution is -2.27. The predicted octanol–water partition coefficient (Wildman–Crippen LogP) is 2.95. The summed E-state index contributed by atoms with van der Waals surface area (Å²) in [4.78, 5) is 1.63. The molecule has 20 heavy (non-hydrogen) atoms. The van der Waals surface area contributed by atoms with Crippen molar-refractivity contribution in [3.05, 3.63) is 53.6 Å². The molecule has 0 unspecified atom stereocenters. The molecule has 2 aromatic rings. The van der Waals surface area contributed by atoms with Crippen molar-refractivity contribution in [2.24, 2.45) is 0 Å². The van der Waals surface area contributed by atoms with Crippen molar-refractivity contribution in [1.29, 1.82) is 0 Å². The average Bonchev–Trinajstić information content (AvgIpc) is 2.59. The fourth-order valence-electron chi connectivity index (χ4n) is 2.40. The van der Waals surface area contributed by atoms with Crippen LogP contribution in [0.3, 0.4) is 0 Å². The Morgan fingerprint density at radius 2 is 1.80 bits per heavy atom. The van der Waals surface area contributed by atoms with E-state index in [1.807, 2.05) is 24.3 Å². The number of nitrogen functional groups attached to an aromatic ring is 1. The highest BCUT2D eigenvalue weighted by Gasteiger charge is 2.21. The van der Waals surface area contributed by atoms with Crippen LogP contribution in [-0.4, -0.2) is 13.2 Å². The van der Waals surface area contributed by atoms with Gasteiger partial charge < -0.3 is 15.4 Å². The summed E-state index contributed by atoms with van der Waals surface area (Å²) in [5, 5.41) is 0. The van der Waals surface area contributed by atoms with Crippen LogP contribution in [0.4, 0.5) is 20.2 Å². The summed E-state index contributed by atoms with van der Waals surface area (Å²) >= 11 is 0. The number of para-hydroxylation sites is 1. The minimum Gasteiger partial charge on any atom is -0.491 e. The minimum absolute atomic E-state index is 0.0560. The van der Waals surface area contributed by atoms with E-state index in [0.717, 1.165) is 23.4 Å². The van der Waals surface area contributed by atoms with Crippen LogP contribution in [-0.2, 0) is 6.54 Å². The van der Waals surface area contributed by atoms with E-state index in [1.54, 1.807) is 4.90 Å². The molecular formula is C15H14F2N2O. The van der Waals surface area contributed by atoms with Crippen molar-refractivity contribution in [2.45, 2.75) is 6.54 Å². The first-order chi connectivity index (χ1) is 9.65. The lowest BCUT2D eigenvalue weighted by Gasteiger charge is -2.23. The zero-order valence-electron chi connectivity index (χ0n) is 10.8. The Labute approximate surface area is 115 Å². The van der Waals surface area contributed by atoms with Gasteiger partial charge in [-0.2, -0.15) is 0 Å². The van der Waals surface area contributed by atoms with Crippen LogP contribution in [0, 0.1) is 11.6 Å². The molecule has 0 aliphatic carbocycles. The Balaban J connectivity index is 2.00. The molecule has 2 aromatic carbocycles. The molecule has 104 valence electrons. The van der Waals surface area contributed by atoms with Gasteiger partial charge in [0.1, 0.15) is 18.0 Å². The standard InChI is InChI=1S/C15H14F2N2O/c16-12-7-11(18)8-13(17)15(12)19-5-6-20-14-4-2-1-3-10(14)9-19/h1-4,7-8H,5-6,9,18H2. The number of rotatable bonds is 1. The Hall–Kier alpha value is -2.30. The second-order valence-electron chi connectivity index (χ2n) is 4.71. The first-order valence-corrected chi connectivity index (χ1v) is 6.35. The highest BCUT2D eigenvalue weighted by Crippen LogP contribution is 2.30. The maximum Gasteiger partial charge on any atom is 0.151 e. The lowest BCUT2D eigenvalue weighted by molar-refractivity contribution is 0.331. The van der Waals surface area contributed by atoms with E-state index in [9.17, 15) is 8.78 Å². The number of nitrogens with zero attached hydrogens (tertiary/aromatic N) is 1. The first kappa shape index (κ1) is 12.7. The van der Waals surface area contributed by atoms with E-state index in [2.05, 4.69) is 0 Å². The summed E-state index contributed by atoms with van der Waals surface area (Å²) in [6.45, 7) is 1.18. The van der Waals surface area contributed by atoms with Crippen LogP contribution in [0.1, 0.15) is 5.56 Å². The Morgan fingerprint density at radius 3 is 2.55 bits per heavy atom. The second kappa shape index (κ2) is 5.00. The van der Waals surface area contributed by atoms with Crippen LogP contribution in [0.2, 0.25) is 0 Å². The van der Waals surface area contributed by atoms with Crippen LogP contribution < -0.4 is 15.4 Å². The fourth-order valence-corrected chi connectivity index (χ4v) is 2.40. The molecule has 1 aliphatic heterocycles. The molecule has 3 rings (SSSR count). The SMILES string of the molecule is Nc1cc(F)c(N2CCOc3ccccc3C2)c(F)c1. The van der Waals surface area contributed by atoms with Crippen LogP contribution in [0.5, 0.6) is 5.75 Å². The number of hydrogen-bond donors (Lipinski definition) is 1. The third-order valence-electron chi connectivity index (χ3n) is 3.31. The second-order valence-corrected chi connectivity index (χ2v) is 4.71. The summed E-state index contributed by atoms with van der Waals surface area (Å²) in [6, 6.07) is 9.77. The Morgan fingerprint density at radius 1 is 1.10 bits per heavy atom. The van der Waals surface area contributed by atoms with Gasteiger partial charge in [0.25, 0.3) is 0 Å². The largest absolute Gasteiger partial charge is 0.491 e. The molecule has 0 radical (unpaired) electrons. The monoisotopic (exact) mass is 276 g/mol. The summed E-state index contributed by atoms with van der Waals surface area (Å²) in [5.74, 6) is -0.546. The third-order valence-corrected chi connectivity index (χ3v) is 3.31. The average molecular weight is 276 g/mol. The highest BCUT2D eigenvalue weighted by atomic mass is 19.1. The number of fused-ring (bicyclic) bond motifs is 1. The molecule has 0 saturated heterocycles. The number of ether oxygens (including phenoxy) is 1. The van der Waals surface area contributed by atoms with E-state index < -0.39 is 11.6 Å². The van der Waals surface area contributed by atoms with Gasteiger partial charge in [0.2, 0.25) is 0 Å². The van der Waals surface area contributed by atoms with Gasteiger partial charge in [-0.05, 0) is 18.2 Å². The van der Waals surface area contributed by atoms with Gasteiger partial charge in [0.05, 0.1) is 6.54 Å². The topological polar surface area (TPSA) is 38.5 Å². The van der Waals surface area contributed by atoms with Crippen molar-refractivity contribution in [3.63, 3.8) is 0 Å². The van der Waals surface area contributed by atoms with E-state index in [-0.39, 0.29) is 11.4 Å². The molecule has 2 N–H and O–H groups in total. The highest BCUT2D eigenvalue weighted by molar-refractivity contribution is 5.57. The van der Waals surface area contributed by atoms with E-state index in [0.29, 0.717) is 19.7 Å². The van der Waals surface area contributed by atoms with Crippen molar-refractivity contribution >= 4 is 11.4 Å². The van der Waals surface area contributed by atoms with Crippen LogP contribution in [0.25, 0.3) is 0 Å². The molecule has 0 atom stereocenters. The lowest BCUT2D eigenvalue weighted by atomic mass is 10.1. The van der Waals surface area contributed by atoms with E-state index in [4.69, 9.17) is 10.5 Å². The van der Waals surface area contributed by atoms with Crippen LogP contribution in [0.15, 0.2) is 36.4 Å². The molecule has 3 nitrogen and oxygen atoms in total. The predicted molar refractivity (Wildman–Crippen MR) is 73.8 cm³/mol. The molecular weight excluding hydrogens is 262 g/mol. The summed E-state index contributed by atoms with van der Waals surface area (Å²) in [6.07, 6.45) is 0. The quantitative estimate of drug-likeness (QED) is 0.814. The van der Waals surface area contributed by atoms with Gasteiger partial charge in [-0.15, -0.1) is 0 Å². The number of hydrogen-bond acceptors (Lipinski definition) is 3. The zero-order valence-corrected chi connectivity index (χ0v) is 10.8. The molecule has 1 heterocycles. The van der Waals surface area contributed by atoms with Gasteiger partial charge in [-0.3, -0.25) is 0 Å². The summed E-state index contributed by atoms with van der Waals surface area (Å²) < 4.78 is 33.6. The summed E-state index contributed by atoms with van der Waals surface area (Å²) in [5.41, 5.74) is 6.37. The first-order valence-electron chi connectivity index (χ1n) is 6.35. The third kappa shape index (κ3) is 2.27. The van der Waals surface area contributed by atoms with Crippen LogP contribution >= 0.6 is 0 Å². The van der Waals surface area contributed by atoms with Gasteiger partial charge in [-0.25, -0.2) is 8.78 Å². The molecule has 0 spiro atoms. The maximum atomic E-state index is 14.0.